The van der Waals surface area contributed by atoms with Crippen LogP contribution in [0.5, 0.6) is 0 Å². The van der Waals surface area contributed by atoms with Crippen LogP contribution in [-0.4, -0.2) is 57.9 Å². The van der Waals surface area contributed by atoms with Gasteiger partial charge in [0.05, 0.1) is 16.3 Å². The molecule has 1 rings (SSSR count). The van der Waals surface area contributed by atoms with Crippen molar-refractivity contribution >= 4 is 21.4 Å². The van der Waals surface area contributed by atoms with Crippen molar-refractivity contribution in [1.29, 1.82) is 0 Å². The molecule has 7 heteroatoms. The van der Waals surface area contributed by atoms with E-state index in [4.69, 9.17) is 5.73 Å². The first-order valence-electron chi connectivity index (χ1n) is 6.72. The first-order chi connectivity index (χ1) is 9.48. The molecule has 0 heterocycles. The Morgan fingerprint density at radius 2 is 1.76 bits per heavy atom. The van der Waals surface area contributed by atoms with Crippen LogP contribution < -0.4 is 11.1 Å². The third kappa shape index (κ3) is 4.09. The lowest BCUT2D eigenvalue weighted by Crippen LogP contribution is -2.44. The molecule has 21 heavy (non-hydrogen) atoms. The van der Waals surface area contributed by atoms with Crippen molar-refractivity contribution in [2.24, 2.45) is 0 Å². The SMILES string of the molecule is CN(C)C(C)(C)CNc1ccc(S(=O)(=O)N(C)C)cc1N. The van der Waals surface area contributed by atoms with Gasteiger partial charge in [-0.05, 0) is 46.1 Å². The van der Waals surface area contributed by atoms with E-state index in [0.717, 1.165) is 5.69 Å². The third-order valence-electron chi connectivity index (χ3n) is 3.72. The molecule has 3 N–H and O–H groups in total. The summed E-state index contributed by atoms with van der Waals surface area (Å²) in [6, 6.07) is 4.76. The van der Waals surface area contributed by atoms with E-state index in [1.165, 1.54) is 24.5 Å². The summed E-state index contributed by atoms with van der Waals surface area (Å²) in [5.41, 5.74) is 7.09. The van der Waals surface area contributed by atoms with Gasteiger partial charge in [0, 0.05) is 26.2 Å². The summed E-state index contributed by atoms with van der Waals surface area (Å²) in [7, 11) is 3.56. The second-order valence-electron chi connectivity index (χ2n) is 6.10. The second-order valence-corrected chi connectivity index (χ2v) is 8.25. The Kier molecular flexibility index (Phi) is 5.25. The number of hydrogen-bond donors (Lipinski definition) is 2. The highest BCUT2D eigenvalue weighted by Crippen LogP contribution is 2.24. The average Bonchev–Trinajstić information content (AvgIpc) is 2.36. The van der Waals surface area contributed by atoms with E-state index in [-0.39, 0.29) is 10.4 Å². The molecular formula is C14H26N4O2S. The van der Waals surface area contributed by atoms with Crippen LogP contribution in [0.1, 0.15) is 13.8 Å². The Morgan fingerprint density at radius 3 is 2.19 bits per heavy atom. The molecule has 0 bridgehead atoms. The van der Waals surface area contributed by atoms with Crippen LogP contribution >= 0.6 is 0 Å². The summed E-state index contributed by atoms with van der Waals surface area (Å²) in [5.74, 6) is 0. The van der Waals surface area contributed by atoms with E-state index in [0.29, 0.717) is 12.2 Å². The predicted octanol–water partition coefficient (Wildman–Crippen LogP) is 1.27. The molecule has 0 unspecified atom stereocenters. The molecule has 120 valence electrons. The molecule has 0 fully saturated rings. The quantitative estimate of drug-likeness (QED) is 0.773. The van der Waals surface area contributed by atoms with E-state index in [1.807, 2.05) is 14.1 Å². The molecular weight excluding hydrogens is 288 g/mol. The number of likely N-dealkylation sites (N-methyl/N-ethyl adjacent to an activating group) is 1. The predicted molar refractivity (Wildman–Crippen MR) is 88.0 cm³/mol. The van der Waals surface area contributed by atoms with Crippen molar-refractivity contribution in [3.63, 3.8) is 0 Å². The number of nitrogens with zero attached hydrogens (tertiary/aromatic N) is 2. The van der Waals surface area contributed by atoms with Gasteiger partial charge >= 0.3 is 0 Å². The van der Waals surface area contributed by atoms with Crippen LogP contribution in [-0.2, 0) is 10.0 Å². The van der Waals surface area contributed by atoms with Gasteiger partial charge in [-0.15, -0.1) is 0 Å². The van der Waals surface area contributed by atoms with Crippen molar-refractivity contribution in [2.45, 2.75) is 24.3 Å². The van der Waals surface area contributed by atoms with Gasteiger partial charge in [-0.3, -0.25) is 0 Å². The zero-order valence-electron chi connectivity index (χ0n) is 13.6. The number of nitrogens with one attached hydrogen (secondary N) is 1. The number of benzene rings is 1. The molecule has 0 spiro atoms. The van der Waals surface area contributed by atoms with E-state index < -0.39 is 10.0 Å². The maximum Gasteiger partial charge on any atom is 0.242 e. The van der Waals surface area contributed by atoms with Gasteiger partial charge in [0.1, 0.15) is 0 Å². The van der Waals surface area contributed by atoms with Gasteiger partial charge in [0.2, 0.25) is 10.0 Å². The summed E-state index contributed by atoms with van der Waals surface area (Å²) in [6.07, 6.45) is 0. The molecule has 0 amide bonds. The minimum Gasteiger partial charge on any atom is -0.397 e. The van der Waals surface area contributed by atoms with E-state index >= 15 is 0 Å². The highest BCUT2D eigenvalue weighted by Gasteiger charge is 2.21. The largest absolute Gasteiger partial charge is 0.397 e. The number of sulfonamides is 1. The van der Waals surface area contributed by atoms with Crippen molar-refractivity contribution < 1.29 is 8.42 Å². The standard InChI is InChI=1S/C14H26N4O2S/c1-14(2,17(3)4)10-16-13-8-7-11(9-12(13)15)21(19,20)18(5)6/h7-9,16H,10,15H2,1-6H3. The lowest BCUT2D eigenvalue weighted by molar-refractivity contribution is 0.210. The Balaban J connectivity index is 2.95. The lowest BCUT2D eigenvalue weighted by atomic mass is 10.0. The van der Waals surface area contributed by atoms with Gasteiger partial charge in [-0.2, -0.15) is 0 Å². The van der Waals surface area contributed by atoms with E-state index in [1.54, 1.807) is 12.1 Å². The Morgan fingerprint density at radius 1 is 1.19 bits per heavy atom. The van der Waals surface area contributed by atoms with Crippen LogP contribution in [0.3, 0.4) is 0 Å². The number of rotatable bonds is 6. The Bertz CT molecular complexity index is 595. The molecule has 0 atom stereocenters. The maximum absolute atomic E-state index is 12.0. The lowest BCUT2D eigenvalue weighted by Gasteiger charge is -2.33. The number of nitrogen functional groups attached to an aromatic ring is 1. The zero-order valence-corrected chi connectivity index (χ0v) is 14.5. The summed E-state index contributed by atoms with van der Waals surface area (Å²) in [4.78, 5) is 2.31. The van der Waals surface area contributed by atoms with Crippen molar-refractivity contribution in [3.8, 4) is 0 Å². The summed E-state index contributed by atoms with van der Waals surface area (Å²) in [6.45, 7) is 4.92. The topological polar surface area (TPSA) is 78.7 Å². The number of hydrogen-bond acceptors (Lipinski definition) is 5. The van der Waals surface area contributed by atoms with Crippen LogP contribution in [0.2, 0.25) is 0 Å². The van der Waals surface area contributed by atoms with E-state index in [2.05, 4.69) is 24.1 Å². The van der Waals surface area contributed by atoms with Crippen molar-refractivity contribution in [1.82, 2.24) is 9.21 Å². The smallest absolute Gasteiger partial charge is 0.242 e. The fraction of sp³-hybridized carbons (Fsp3) is 0.571. The molecule has 0 aromatic heterocycles. The monoisotopic (exact) mass is 314 g/mol. The molecule has 6 nitrogen and oxygen atoms in total. The van der Waals surface area contributed by atoms with Gasteiger partial charge in [0.25, 0.3) is 0 Å². The van der Waals surface area contributed by atoms with Gasteiger partial charge < -0.3 is 16.0 Å². The summed E-state index contributed by atoms with van der Waals surface area (Å²) < 4.78 is 25.3. The normalized spacial score (nSPS) is 13.0. The number of anilines is 2. The van der Waals surface area contributed by atoms with Crippen molar-refractivity contribution in [2.75, 3.05) is 45.8 Å². The van der Waals surface area contributed by atoms with Gasteiger partial charge in [0.15, 0.2) is 0 Å². The molecule has 0 saturated heterocycles. The molecule has 0 saturated carbocycles. The molecule has 0 radical (unpaired) electrons. The van der Waals surface area contributed by atoms with Crippen molar-refractivity contribution in [3.05, 3.63) is 18.2 Å². The average molecular weight is 314 g/mol. The Hall–Kier alpha value is -1.31. The van der Waals surface area contributed by atoms with Crippen LogP contribution in [0.4, 0.5) is 11.4 Å². The van der Waals surface area contributed by atoms with E-state index in [9.17, 15) is 8.42 Å². The van der Waals surface area contributed by atoms with Gasteiger partial charge in [-0.25, -0.2) is 12.7 Å². The van der Waals surface area contributed by atoms with Gasteiger partial charge in [-0.1, -0.05) is 0 Å². The summed E-state index contributed by atoms with van der Waals surface area (Å²) in [5, 5.41) is 3.27. The highest BCUT2D eigenvalue weighted by molar-refractivity contribution is 7.89. The molecule has 0 aliphatic rings. The first kappa shape index (κ1) is 17.7. The highest BCUT2D eigenvalue weighted by atomic mass is 32.2. The van der Waals surface area contributed by atoms with Crippen LogP contribution in [0.25, 0.3) is 0 Å². The minimum atomic E-state index is -3.46. The number of nitrogens with two attached hydrogens (primary N) is 1. The Labute approximate surface area is 128 Å². The molecule has 0 aliphatic carbocycles. The molecule has 1 aromatic carbocycles. The zero-order chi connectivity index (χ0) is 16.4. The molecule has 1 aromatic rings. The second kappa shape index (κ2) is 6.21. The summed E-state index contributed by atoms with van der Waals surface area (Å²) >= 11 is 0. The van der Waals surface area contributed by atoms with Crippen LogP contribution in [0, 0.1) is 0 Å². The fourth-order valence-electron chi connectivity index (χ4n) is 1.54. The fourth-order valence-corrected chi connectivity index (χ4v) is 2.48. The maximum atomic E-state index is 12.0. The first-order valence-corrected chi connectivity index (χ1v) is 8.16. The minimum absolute atomic E-state index is 0.0408. The third-order valence-corrected chi connectivity index (χ3v) is 5.53. The van der Waals surface area contributed by atoms with Crippen LogP contribution in [0.15, 0.2) is 23.1 Å². The molecule has 0 aliphatic heterocycles.